The Balaban J connectivity index is 2.52. The fourth-order valence-electron chi connectivity index (χ4n) is 1.51. The zero-order valence-electron chi connectivity index (χ0n) is 9.01. The van der Waals surface area contributed by atoms with Crippen LogP contribution in [0.25, 0.3) is 10.4 Å². The molecule has 0 amide bonds. The number of hydrogen-bond donors (Lipinski definition) is 1. The van der Waals surface area contributed by atoms with E-state index in [2.05, 4.69) is 0 Å². The van der Waals surface area contributed by atoms with E-state index in [0.29, 0.717) is 17.0 Å². The molecule has 1 unspecified atom stereocenters. The van der Waals surface area contributed by atoms with Gasteiger partial charge in [-0.1, -0.05) is 0 Å². The summed E-state index contributed by atoms with van der Waals surface area (Å²) in [6.07, 6.45) is 0. The molecule has 1 aromatic heterocycles. The highest BCUT2D eigenvalue weighted by atomic mass is 32.1. The number of hydrogen-bond acceptors (Lipinski definition) is 2. The molecule has 2 aromatic rings. The quantitative estimate of drug-likeness (QED) is 0.868. The molecule has 0 saturated carbocycles. The third-order valence-electron chi connectivity index (χ3n) is 2.33. The smallest absolute Gasteiger partial charge is 0.137 e. The lowest BCUT2D eigenvalue weighted by Gasteiger charge is -2.03. The van der Waals surface area contributed by atoms with Crippen molar-refractivity contribution in [2.45, 2.75) is 13.0 Å². The van der Waals surface area contributed by atoms with Gasteiger partial charge in [0.2, 0.25) is 0 Å². The van der Waals surface area contributed by atoms with Crippen molar-refractivity contribution in [3.8, 4) is 10.4 Å². The van der Waals surface area contributed by atoms with Crippen LogP contribution in [-0.2, 0) is 0 Å². The highest BCUT2D eigenvalue weighted by Gasteiger charge is 2.16. The summed E-state index contributed by atoms with van der Waals surface area (Å²) in [7, 11) is 0. The second-order valence-corrected chi connectivity index (χ2v) is 4.85. The number of thiophene rings is 1. The minimum atomic E-state index is -0.923. The maximum absolute atomic E-state index is 13.5. The molecule has 0 bridgehead atoms. The minimum absolute atomic E-state index is 0.194. The van der Waals surface area contributed by atoms with Gasteiger partial charge in [0, 0.05) is 27.9 Å². The maximum atomic E-state index is 13.5. The SMILES string of the molecule is CC(N)c1ccc(-c2c(F)cc(F)cc2F)s1. The number of rotatable bonds is 2. The summed E-state index contributed by atoms with van der Waals surface area (Å²) < 4.78 is 39.8. The lowest BCUT2D eigenvalue weighted by Crippen LogP contribution is -2.01. The monoisotopic (exact) mass is 257 g/mol. The topological polar surface area (TPSA) is 26.0 Å². The first-order valence-corrected chi connectivity index (χ1v) is 5.81. The molecule has 0 radical (unpaired) electrons. The fraction of sp³-hybridized carbons (Fsp3) is 0.167. The van der Waals surface area contributed by atoms with Crippen molar-refractivity contribution in [2.75, 3.05) is 0 Å². The molecule has 2 N–H and O–H groups in total. The van der Waals surface area contributed by atoms with Gasteiger partial charge < -0.3 is 5.73 Å². The Morgan fingerprint density at radius 1 is 1.12 bits per heavy atom. The molecule has 1 atom stereocenters. The summed E-state index contributed by atoms with van der Waals surface area (Å²) >= 11 is 1.20. The van der Waals surface area contributed by atoms with Gasteiger partial charge >= 0.3 is 0 Å². The Kier molecular flexibility index (Phi) is 3.22. The number of nitrogens with two attached hydrogens (primary N) is 1. The van der Waals surface area contributed by atoms with Crippen LogP contribution in [0.5, 0.6) is 0 Å². The van der Waals surface area contributed by atoms with Crippen LogP contribution in [0, 0.1) is 17.5 Å². The molecule has 0 spiro atoms. The van der Waals surface area contributed by atoms with Crippen molar-refractivity contribution in [3.63, 3.8) is 0 Å². The molecule has 90 valence electrons. The van der Waals surface area contributed by atoms with Crippen LogP contribution < -0.4 is 5.73 Å². The zero-order valence-corrected chi connectivity index (χ0v) is 9.82. The van der Waals surface area contributed by atoms with E-state index in [9.17, 15) is 13.2 Å². The van der Waals surface area contributed by atoms with E-state index in [0.717, 1.165) is 4.88 Å². The normalized spacial score (nSPS) is 12.8. The van der Waals surface area contributed by atoms with Gasteiger partial charge in [0.1, 0.15) is 17.5 Å². The summed E-state index contributed by atoms with van der Waals surface area (Å²) in [5.41, 5.74) is 5.46. The van der Waals surface area contributed by atoms with Crippen LogP contribution >= 0.6 is 11.3 Å². The molecule has 2 rings (SSSR count). The van der Waals surface area contributed by atoms with E-state index >= 15 is 0 Å². The number of halogens is 3. The molecule has 1 heterocycles. The maximum Gasteiger partial charge on any atom is 0.137 e. The van der Waals surface area contributed by atoms with Crippen molar-refractivity contribution in [1.82, 2.24) is 0 Å². The van der Waals surface area contributed by atoms with Gasteiger partial charge in [-0.25, -0.2) is 13.2 Å². The molecule has 0 aliphatic rings. The van der Waals surface area contributed by atoms with Crippen LogP contribution in [0.2, 0.25) is 0 Å². The van der Waals surface area contributed by atoms with Gasteiger partial charge in [-0.05, 0) is 19.1 Å². The Bertz CT molecular complexity index is 525. The van der Waals surface area contributed by atoms with E-state index in [1.807, 2.05) is 0 Å². The molecular formula is C12H10F3NS. The largest absolute Gasteiger partial charge is 0.324 e. The first-order chi connectivity index (χ1) is 7.99. The van der Waals surface area contributed by atoms with E-state index in [1.165, 1.54) is 11.3 Å². The lowest BCUT2D eigenvalue weighted by atomic mass is 10.1. The number of benzene rings is 1. The molecule has 0 saturated heterocycles. The van der Waals surface area contributed by atoms with Crippen LogP contribution in [0.1, 0.15) is 17.8 Å². The van der Waals surface area contributed by atoms with Crippen LogP contribution in [0.4, 0.5) is 13.2 Å². The molecule has 0 fully saturated rings. The first-order valence-electron chi connectivity index (χ1n) is 4.99. The second-order valence-electron chi connectivity index (χ2n) is 3.74. The Morgan fingerprint density at radius 3 is 2.18 bits per heavy atom. The highest BCUT2D eigenvalue weighted by Crippen LogP contribution is 2.34. The fourth-order valence-corrected chi connectivity index (χ4v) is 2.52. The standard InChI is InChI=1S/C12H10F3NS/c1-6(16)10-2-3-11(17-10)12-8(14)4-7(13)5-9(12)15/h2-6H,16H2,1H3. The van der Waals surface area contributed by atoms with Crippen LogP contribution in [0.15, 0.2) is 24.3 Å². The Hall–Kier alpha value is -1.33. The Labute approximate surface area is 101 Å². The molecule has 1 aromatic carbocycles. The van der Waals surface area contributed by atoms with Crippen LogP contribution in [0.3, 0.4) is 0 Å². The van der Waals surface area contributed by atoms with Crippen molar-refractivity contribution in [2.24, 2.45) is 5.73 Å². The van der Waals surface area contributed by atoms with E-state index in [-0.39, 0.29) is 11.6 Å². The highest BCUT2D eigenvalue weighted by molar-refractivity contribution is 7.15. The Morgan fingerprint density at radius 2 is 1.71 bits per heavy atom. The average molecular weight is 257 g/mol. The van der Waals surface area contributed by atoms with Gasteiger partial charge in [-0.3, -0.25) is 0 Å². The van der Waals surface area contributed by atoms with Crippen molar-refractivity contribution in [1.29, 1.82) is 0 Å². The molecule has 1 nitrogen and oxygen atoms in total. The van der Waals surface area contributed by atoms with Gasteiger partial charge in [0.25, 0.3) is 0 Å². The summed E-state index contributed by atoms with van der Waals surface area (Å²) in [6.45, 7) is 1.78. The third-order valence-corrected chi connectivity index (χ3v) is 3.63. The van der Waals surface area contributed by atoms with E-state index in [1.54, 1.807) is 19.1 Å². The summed E-state index contributed by atoms with van der Waals surface area (Å²) in [6, 6.07) is 4.45. The van der Waals surface area contributed by atoms with Crippen LogP contribution in [-0.4, -0.2) is 0 Å². The third kappa shape index (κ3) is 2.35. The first kappa shape index (κ1) is 12.1. The van der Waals surface area contributed by atoms with Gasteiger partial charge in [0.05, 0.1) is 5.56 Å². The second kappa shape index (κ2) is 4.50. The van der Waals surface area contributed by atoms with Crippen molar-refractivity contribution >= 4 is 11.3 Å². The molecule has 17 heavy (non-hydrogen) atoms. The average Bonchev–Trinajstić information content (AvgIpc) is 2.65. The molecule has 0 aliphatic carbocycles. The zero-order chi connectivity index (χ0) is 12.6. The van der Waals surface area contributed by atoms with Crippen molar-refractivity contribution in [3.05, 3.63) is 46.6 Å². The molecule has 5 heteroatoms. The van der Waals surface area contributed by atoms with E-state index in [4.69, 9.17) is 5.73 Å². The lowest BCUT2D eigenvalue weighted by molar-refractivity contribution is 0.548. The summed E-state index contributed by atoms with van der Waals surface area (Å²) in [5.74, 6) is -2.73. The predicted molar refractivity (Wildman–Crippen MR) is 62.2 cm³/mol. The van der Waals surface area contributed by atoms with Gasteiger partial charge in [-0.2, -0.15) is 0 Å². The minimum Gasteiger partial charge on any atom is -0.324 e. The summed E-state index contributed by atoms with van der Waals surface area (Å²) in [4.78, 5) is 1.23. The molecule has 0 aliphatic heterocycles. The van der Waals surface area contributed by atoms with E-state index < -0.39 is 17.5 Å². The van der Waals surface area contributed by atoms with Crippen molar-refractivity contribution < 1.29 is 13.2 Å². The van der Waals surface area contributed by atoms with Gasteiger partial charge in [0.15, 0.2) is 0 Å². The van der Waals surface area contributed by atoms with Gasteiger partial charge in [-0.15, -0.1) is 11.3 Å². The molecular weight excluding hydrogens is 247 g/mol. The predicted octanol–water partition coefficient (Wildman–Crippen LogP) is 3.85. The summed E-state index contributed by atoms with van der Waals surface area (Å²) in [5, 5.41) is 0.